The summed E-state index contributed by atoms with van der Waals surface area (Å²) < 4.78 is 1.57. The van der Waals surface area contributed by atoms with Crippen LogP contribution in [0.25, 0.3) is 0 Å². The number of benzene rings is 1. The quantitative estimate of drug-likeness (QED) is 0.853. The molecule has 1 aromatic carbocycles. The number of carbonyl (C=O) groups is 1. The van der Waals surface area contributed by atoms with Gasteiger partial charge in [-0.15, -0.1) is 0 Å². The third-order valence-corrected chi connectivity index (χ3v) is 4.18. The number of aliphatic carboxylic acids is 1. The van der Waals surface area contributed by atoms with Crippen molar-refractivity contribution in [3.8, 4) is 0 Å². The van der Waals surface area contributed by atoms with Gasteiger partial charge in [-0.2, -0.15) is 5.10 Å². The number of halogens is 2. The van der Waals surface area contributed by atoms with Crippen molar-refractivity contribution in [2.24, 2.45) is 7.05 Å². The third-order valence-electron chi connectivity index (χ3n) is 2.44. The lowest BCUT2D eigenvalue weighted by Gasteiger charge is -2.00. The van der Waals surface area contributed by atoms with Crippen LogP contribution in [0.5, 0.6) is 0 Å². The molecular weight excluding hydrogens is 321 g/mol. The zero-order chi connectivity index (χ0) is 14.7. The zero-order valence-electron chi connectivity index (χ0n) is 10.5. The molecule has 2 rings (SSSR count). The Morgan fingerprint density at radius 3 is 2.80 bits per heavy atom. The van der Waals surface area contributed by atoms with Crippen molar-refractivity contribution in [2.75, 3.05) is 5.75 Å². The summed E-state index contributed by atoms with van der Waals surface area (Å²) in [6.07, 6.45) is 0.512. The van der Waals surface area contributed by atoms with Gasteiger partial charge in [-0.1, -0.05) is 41.0 Å². The molecule has 0 atom stereocenters. The number of thioether (sulfide) groups is 1. The Hall–Kier alpha value is -1.24. The minimum absolute atomic E-state index is 0.0429. The highest BCUT2D eigenvalue weighted by Gasteiger charge is 2.11. The number of nitrogens with zero attached hydrogens (tertiary/aromatic N) is 3. The van der Waals surface area contributed by atoms with Crippen LogP contribution < -0.4 is 0 Å². The second kappa shape index (κ2) is 6.47. The van der Waals surface area contributed by atoms with Crippen LogP contribution in [-0.2, 0) is 18.3 Å². The first kappa shape index (κ1) is 15.2. The summed E-state index contributed by atoms with van der Waals surface area (Å²) in [6.45, 7) is 0. The highest BCUT2D eigenvalue weighted by atomic mass is 35.5. The molecule has 0 aliphatic carbocycles. The van der Waals surface area contributed by atoms with E-state index >= 15 is 0 Å². The van der Waals surface area contributed by atoms with E-state index in [1.165, 1.54) is 0 Å². The standard InChI is InChI=1S/C12H11Cl2N3O2S/c1-17-12(20-6-11(18)19)15-10(16-17)5-7-2-3-8(13)9(14)4-7/h2-4H,5-6H2,1H3,(H,18,19). The van der Waals surface area contributed by atoms with E-state index in [2.05, 4.69) is 10.1 Å². The molecule has 0 saturated heterocycles. The topological polar surface area (TPSA) is 68.0 Å². The molecule has 2 aromatic rings. The van der Waals surface area contributed by atoms with Gasteiger partial charge in [0.05, 0.1) is 15.8 Å². The molecule has 0 saturated carbocycles. The van der Waals surface area contributed by atoms with Gasteiger partial charge < -0.3 is 5.11 Å². The minimum atomic E-state index is -0.885. The normalized spacial score (nSPS) is 10.8. The fraction of sp³-hybridized carbons (Fsp3) is 0.250. The number of carboxylic acid groups (broad SMARTS) is 1. The Balaban J connectivity index is 2.11. The van der Waals surface area contributed by atoms with E-state index in [9.17, 15) is 4.79 Å². The Labute approximate surface area is 129 Å². The lowest BCUT2D eigenvalue weighted by atomic mass is 10.1. The largest absolute Gasteiger partial charge is 0.481 e. The number of aromatic nitrogens is 3. The lowest BCUT2D eigenvalue weighted by Crippen LogP contribution is -2.00. The Morgan fingerprint density at radius 1 is 1.40 bits per heavy atom. The van der Waals surface area contributed by atoms with Crippen LogP contribution >= 0.6 is 35.0 Å². The van der Waals surface area contributed by atoms with E-state index in [1.807, 2.05) is 6.07 Å². The van der Waals surface area contributed by atoms with Crippen LogP contribution in [-0.4, -0.2) is 31.6 Å². The summed E-state index contributed by atoms with van der Waals surface area (Å²) in [7, 11) is 1.73. The number of aryl methyl sites for hydroxylation is 1. The van der Waals surface area contributed by atoms with Gasteiger partial charge in [0.15, 0.2) is 11.0 Å². The van der Waals surface area contributed by atoms with Gasteiger partial charge in [0.2, 0.25) is 0 Å². The average molecular weight is 332 g/mol. The number of hydrogen-bond acceptors (Lipinski definition) is 4. The molecule has 0 fully saturated rings. The monoisotopic (exact) mass is 331 g/mol. The van der Waals surface area contributed by atoms with Crippen LogP contribution in [0.3, 0.4) is 0 Å². The van der Waals surface area contributed by atoms with Gasteiger partial charge >= 0.3 is 5.97 Å². The van der Waals surface area contributed by atoms with Gasteiger partial charge in [-0.05, 0) is 17.7 Å². The Morgan fingerprint density at radius 2 is 2.15 bits per heavy atom. The van der Waals surface area contributed by atoms with Crippen molar-refractivity contribution in [3.05, 3.63) is 39.6 Å². The summed E-state index contributed by atoms with van der Waals surface area (Å²) >= 11 is 12.9. The maximum atomic E-state index is 10.5. The van der Waals surface area contributed by atoms with Gasteiger partial charge in [-0.25, -0.2) is 9.67 Å². The predicted octanol–water partition coefficient (Wildman–Crippen LogP) is 2.89. The third kappa shape index (κ3) is 3.88. The molecule has 8 heteroatoms. The molecular formula is C12H11Cl2N3O2S. The molecule has 0 radical (unpaired) electrons. The first-order valence-corrected chi connectivity index (χ1v) is 7.38. The van der Waals surface area contributed by atoms with Gasteiger partial charge in [0.1, 0.15) is 0 Å². The fourth-order valence-corrected chi connectivity index (χ4v) is 2.55. The number of hydrogen-bond donors (Lipinski definition) is 1. The first-order chi connectivity index (χ1) is 9.45. The van der Waals surface area contributed by atoms with E-state index in [0.717, 1.165) is 17.3 Å². The summed E-state index contributed by atoms with van der Waals surface area (Å²) in [5, 5.41) is 14.5. The average Bonchev–Trinajstić information content (AvgIpc) is 2.72. The zero-order valence-corrected chi connectivity index (χ0v) is 12.8. The minimum Gasteiger partial charge on any atom is -0.481 e. The van der Waals surface area contributed by atoms with Crippen LogP contribution in [0.4, 0.5) is 0 Å². The highest BCUT2D eigenvalue weighted by Crippen LogP contribution is 2.24. The molecule has 0 amide bonds. The molecule has 1 aromatic heterocycles. The molecule has 0 unspecified atom stereocenters. The van der Waals surface area contributed by atoms with Crippen LogP contribution in [0.1, 0.15) is 11.4 Å². The molecule has 1 N–H and O–H groups in total. The van der Waals surface area contributed by atoms with Crippen molar-refractivity contribution in [1.29, 1.82) is 0 Å². The molecule has 0 bridgehead atoms. The highest BCUT2D eigenvalue weighted by molar-refractivity contribution is 7.99. The van der Waals surface area contributed by atoms with Crippen LogP contribution in [0.15, 0.2) is 23.4 Å². The number of rotatable bonds is 5. The second-order valence-electron chi connectivity index (χ2n) is 4.04. The van der Waals surface area contributed by atoms with E-state index in [-0.39, 0.29) is 5.75 Å². The second-order valence-corrected chi connectivity index (χ2v) is 5.80. The van der Waals surface area contributed by atoms with Crippen LogP contribution in [0, 0.1) is 0 Å². The molecule has 20 heavy (non-hydrogen) atoms. The summed E-state index contributed by atoms with van der Waals surface area (Å²) in [4.78, 5) is 14.9. The van der Waals surface area contributed by atoms with Crippen molar-refractivity contribution < 1.29 is 9.90 Å². The Bertz CT molecular complexity index is 646. The summed E-state index contributed by atoms with van der Waals surface area (Å²) in [5.74, 6) is -0.318. The molecule has 0 spiro atoms. The molecule has 0 aliphatic rings. The molecule has 106 valence electrons. The van der Waals surface area contributed by atoms with E-state index < -0.39 is 5.97 Å². The maximum absolute atomic E-state index is 10.5. The summed E-state index contributed by atoms with van der Waals surface area (Å²) in [6, 6.07) is 5.35. The molecule has 5 nitrogen and oxygen atoms in total. The maximum Gasteiger partial charge on any atom is 0.313 e. The molecule has 1 heterocycles. The summed E-state index contributed by atoms with van der Waals surface area (Å²) in [5.41, 5.74) is 0.944. The van der Waals surface area contributed by atoms with E-state index in [0.29, 0.717) is 27.4 Å². The predicted molar refractivity (Wildman–Crippen MR) is 78.6 cm³/mol. The van der Waals surface area contributed by atoms with E-state index in [4.69, 9.17) is 28.3 Å². The molecule has 0 aliphatic heterocycles. The van der Waals surface area contributed by atoms with Gasteiger partial charge in [0.25, 0.3) is 0 Å². The van der Waals surface area contributed by atoms with Gasteiger partial charge in [-0.3, -0.25) is 4.79 Å². The fourth-order valence-electron chi connectivity index (χ4n) is 1.58. The van der Waals surface area contributed by atoms with Crippen molar-refractivity contribution >= 4 is 40.9 Å². The van der Waals surface area contributed by atoms with E-state index in [1.54, 1.807) is 23.9 Å². The van der Waals surface area contributed by atoms with Gasteiger partial charge in [0, 0.05) is 13.5 Å². The Kier molecular flexibility index (Phi) is 4.91. The smallest absolute Gasteiger partial charge is 0.313 e. The van der Waals surface area contributed by atoms with Crippen molar-refractivity contribution in [2.45, 2.75) is 11.6 Å². The lowest BCUT2D eigenvalue weighted by molar-refractivity contribution is -0.133. The number of carboxylic acids is 1. The van der Waals surface area contributed by atoms with Crippen LogP contribution in [0.2, 0.25) is 10.0 Å². The van der Waals surface area contributed by atoms with Crippen molar-refractivity contribution in [1.82, 2.24) is 14.8 Å². The van der Waals surface area contributed by atoms with Crippen molar-refractivity contribution in [3.63, 3.8) is 0 Å². The first-order valence-electron chi connectivity index (χ1n) is 5.64. The SMILES string of the molecule is Cn1nc(Cc2ccc(Cl)c(Cl)c2)nc1SCC(=O)O.